The number of rotatable bonds is 4. The molecule has 0 bridgehead atoms. The zero-order valence-corrected chi connectivity index (χ0v) is 13.4. The van der Waals surface area contributed by atoms with Crippen molar-refractivity contribution in [3.63, 3.8) is 0 Å². The van der Waals surface area contributed by atoms with Crippen LogP contribution < -0.4 is 4.90 Å². The molecule has 1 aliphatic heterocycles. The summed E-state index contributed by atoms with van der Waals surface area (Å²) in [4.78, 5) is 31.3. The second-order valence-electron chi connectivity index (χ2n) is 5.87. The van der Waals surface area contributed by atoms with Gasteiger partial charge in [0, 0.05) is 32.0 Å². The zero-order valence-electron chi connectivity index (χ0n) is 13.4. The lowest BCUT2D eigenvalue weighted by Gasteiger charge is -2.19. The summed E-state index contributed by atoms with van der Waals surface area (Å²) in [6.45, 7) is 0.737. The van der Waals surface area contributed by atoms with Crippen LogP contribution in [0.3, 0.4) is 0 Å². The fourth-order valence-corrected chi connectivity index (χ4v) is 2.82. The topological polar surface area (TPSA) is 73.7 Å². The highest BCUT2D eigenvalue weighted by Crippen LogP contribution is 2.22. The number of aromatic nitrogens is 1. The van der Waals surface area contributed by atoms with Crippen LogP contribution in [0.15, 0.2) is 48.7 Å². The molecule has 0 spiro atoms. The molecule has 3 rings (SSSR count). The van der Waals surface area contributed by atoms with E-state index < -0.39 is 11.9 Å². The van der Waals surface area contributed by atoms with E-state index in [-0.39, 0.29) is 12.5 Å². The average Bonchev–Trinajstić information content (AvgIpc) is 3.12. The number of nitrogens with zero attached hydrogens (tertiary/aromatic N) is 3. The average molecular weight is 325 g/mol. The summed E-state index contributed by atoms with van der Waals surface area (Å²) in [6, 6.07) is 13.4. The molecule has 1 fully saturated rings. The Balaban J connectivity index is 1.71. The fraction of sp³-hybridized carbons (Fsp3) is 0.278. The van der Waals surface area contributed by atoms with E-state index in [4.69, 9.17) is 5.11 Å². The van der Waals surface area contributed by atoms with Crippen molar-refractivity contribution in [3.8, 4) is 0 Å². The van der Waals surface area contributed by atoms with E-state index in [2.05, 4.69) is 4.98 Å². The Morgan fingerprint density at radius 2 is 1.96 bits per heavy atom. The lowest BCUT2D eigenvalue weighted by molar-refractivity contribution is -0.141. The number of carboxylic acids is 1. The number of amides is 1. The van der Waals surface area contributed by atoms with Crippen LogP contribution in [0.1, 0.15) is 16.8 Å². The van der Waals surface area contributed by atoms with Crippen LogP contribution in [0.4, 0.5) is 11.5 Å². The first-order valence-electron chi connectivity index (χ1n) is 7.83. The van der Waals surface area contributed by atoms with Crippen LogP contribution in [-0.2, 0) is 4.79 Å². The molecule has 1 N–H and O–H groups in total. The highest BCUT2D eigenvalue weighted by molar-refractivity contribution is 5.94. The lowest BCUT2D eigenvalue weighted by Crippen LogP contribution is -2.30. The number of carboxylic acid groups (broad SMARTS) is 1. The molecule has 1 aromatic heterocycles. The fourth-order valence-electron chi connectivity index (χ4n) is 2.82. The number of carbonyl (C=O) groups is 2. The Morgan fingerprint density at radius 1 is 1.21 bits per heavy atom. The zero-order chi connectivity index (χ0) is 17.1. The smallest absolute Gasteiger partial charge is 0.308 e. The van der Waals surface area contributed by atoms with Gasteiger partial charge in [-0.1, -0.05) is 18.2 Å². The Kier molecular flexibility index (Phi) is 4.46. The first-order chi connectivity index (χ1) is 11.6. The van der Waals surface area contributed by atoms with Gasteiger partial charge in [-0.3, -0.25) is 9.59 Å². The van der Waals surface area contributed by atoms with E-state index in [1.807, 2.05) is 42.3 Å². The Bertz CT molecular complexity index is 731. The van der Waals surface area contributed by atoms with Crippen molar-refractivity contribution < 1.29 is 14.7 Å². The Labute approximate surface area is 140 Å². The van der Waals surface area contributed by atoms with Gasteiger partial charge in [-0.15, -0.1) is 0 Å². The highest BCUT2D eigenvalue weighted by atomic mass is 16.4. The van der Waals surface area contributed by atoms with Crippen molar-refractivity contribution in [2.45, 2.75) is 6.42 Å². The van der Waals surface area contributed by atoms with Gasteiger partial charge in [0.2, 0.25) is 0 Å². The maximum absolute atomic E-state index is 12.4. The second kappa shape index (κ2) is 6.70. The quantitative estimate of drug-likeness (QED) is 0.934. The van der Waals surface area contributed by atoms with Crippen molar-refractivity contribution in [1.29, 1.82) is 0 Å². The van der Waals surface area contributed by atoms with Gasteiger partial charge >= 0.3 is 5.97 Å². The van der Waals surface area contributed by atoms with Crippen molar-refractivity contribution >= 4 is 23.4 Å². The van der Waals surface area contributed by atoms with Crippen LogP contribution in [0.2, 0.25) is 0 Å². The van der Waals surface area contributed by atoms with Crippen molar-refractivity contribution in [1.82, 2.24) is 9.88 Å². The maximum atomic E-state index is 12.4. The molecule has 24 heavy (non-hydrogen) atoms. The summed E-state index contributed by atoms with van der Waals surface area (Å²) in [7, 11) is 1.91. The highest BCUT2D eigenvalue weighted by Gasteiger charge is 2.31. The molecule has 1 aromatic carbocycles. The third-order valence-corrected chi connectivity index (χ3v) is 4.31. The van der Waals surface area contributed by atoms with E-state index in [0.717, 1.165) is 11.5 Å². The number of carbonyl (C=O) groups excluding carboxylic acids is 1. The number of hydrogen-bond acceptors (Lipinski definition) is 4. The second-order valence-corrected chi connectivity index (χ2v) is 5.87. The summed E-state index contributed by atoms with van der Waals surface area (Å²) in [6.07, 6.45) is 2.05. The SMILES string of the molecule is CN(c1ccccc1)c1ccc(C(=O)N2CC[C@H](C(=O)O)C2)cn1. The van der Waals surface area contributed by atoms with Gasteiger partial charge in [0.1, 0.15) is 5.82 Å². The van der Waals surface area contributed by atoms with Gasteiger partial charge in [0.15, 0.2) is 0 Å². The normalized spacial score (nSPS) is 16.9. The summed E-state index contributed by atoms with van der Waals surface area (Å²) in [5, 5.41) is 9.03. The van der Waals surface area contributed by atoms with Gasteiger partial charge in [-0.25, -0.2) is 4.98 Å². The molecule has 0 saturated carbocycles. The summed E-state index contributed by atoms with van der Waals surface area (Å²) >= 11 is 0. The van der Waals surface area contributed by atoms with E-state index >= 15 is 0 Å². The minimum absolute atomic E-state index is 0.167. The van der Waals surface area contributed by atoms with Crippen LogP contribution in [0.25, 0.3) is 0 Å². The van der Waals surface area contributed by atoms with E-state index in [9.17, 15) is 9.59 Å². The number of benzene rings is 1. The summed E-state index contributed by atoms with van der Waals surface area (Å²) in [5.74, 6) is -0.739. The van der Waals surface area contributed by atoms with Gasteiger partial charge in [0.05, 0.1) is 11.5 Å². The van der Waals surface area contributed by atoms with Crippen LogP contribution in [0, 0.1) is 5.92 Å². The molecular formula is C18H19N3O3. The molecule has 2 aromatic rings. The van der Waals surface area contributed by atoms with Crippen LogP contribution in [-0.4, -0.2) is 47.0 Å². The molecule has 6 heteroatoms. The number of aliphatic carboxylic acids is 1. The van der Waals surface area contributed by atoms with Gasteiger partial charge in [-0.2, -0.15) is 0 Å². The summed E-state index contributed by atoms with van der Waals surface area (Å²) in [5.41, 5.74) is 1.49. The molecule has 0 radical (unpaired) electrons. The van der Waals surface area contributed by atoms with E-state index in [1.165, 1.54) is 0 Å². The first-order valence-corrected chi connectivity index (χ1v) is 7.83. The van der Waals surface area contributed by atoms with Gasteiger partial charge in [-0.05, 0) is 30.7 Å². The number of likely N-dealkylation sites (tertiary alicyclic amines) is 1. The van der Waals surface area contributed by atoms with E-state index in [1.54, 1.807) is 23.2 Å². The molecule has 0 unspecified atom stereocenters. The largest absolute Gasteiger partial charge is 0.481 e. The van der Waals surface area contributed by atoms with Crippen molar-refractivity contribution in [2.24, 2.45) is 5.92 Å². The molecule has 1 amide bonds. The lowest BCUT2D eigenvalue weighted by atomic mass is 10.1. The monoisotopic (exact) mass is 325 g/mol. The minimum Gasteiger partial charge on any atom is -0.481 e. The number of anilines is 2. The first kappa shape index (κ1) is 16.0. The molecule has 2 heterocycles. The molecule has 1 aliphatic rings. The minimum atomic E-state index is -0.844. The summed E-state index contributed by atoms with van der Waals surface area (Å²) < 4.78 is 0. The van der Waals surface area contributed by atoms with Crippen LogP contribution in [0.5, 0.6) is 0 Å². The number of pyridine rings is 1. The van der Waals surface area contributed by atoms with Gasteiger partial charge < -0.3 is 14.9 Å². The third-order valence-electron chi connectivity index (χ3n) is 4.31. The standard InChI is InChI=1S/C18H19N3O3/c1-20(15-5-3-2-4-6-15)16-8-7-13(11-19-16)17(22)21-10-9-14(12-21)18(23)24/h2-8,11,14H,9-10,12H2,1H3,(H,23,24)/t14-/m0/s1. The van der Waals surface area contributed by atoms with Crippen molar-refractivity contribution in [3.05, 3.63) is 54.2 Å². The molecule has 124 valence electrons. The van der Waals surface area contributed by atoms with E-state index in [0.29, 0.717) is 18.5 Å². The maximum Gasteiger partial charge on any atom is 0.308 e. The number of para-hydroxylation sites is 1. The third kappa shape index (κ3) is 3.22. The molecular weight excluding hydrogens is 306 g/mol. The van der Waals surface area contributed by atoms with Gasteiger partial charge in [0.25, 0.3) is 5.91 Å². The predicted octanol–water partition coefficient (Wildman–Crippen LogP) is 2.40. The van der Waals surface area contributed by atoms with Crippen LogP contribution >= 0.6 is 0 Å². The molecule has 0 aliphatic carbocycles. The van der Waals surface area contributed by atoms with Crippen molar-refractivity contribution in [2.75, 3.05) is 25.0 Å². The molecule has 6 nitrogen and oxygen atoms in total. The molecule has 1 atom stereocenters. The number of hydrogen-bond donors (Lipinski definition) is 1. The predicted molar refractivity (Wildman–Crippen MR) is 90.4 cm³/mol. The molecule has 1 saturated heterocycles. The Hall–Kier alpha value is -2.89. The Morgan fingerprint density at radius 3 is 2.54 bits per heavy atom.